The second kappa shape index (κ2) is 7.16. The summed E-state index contributed by atoms with van der Waals surface area (Å²) in [5, 5.41) is 5.49. The molecule has 0 saturated carbocycles. The maximum atomic E-state index is 11.6. The van der Waals surface area contributed by atoms with E-state index in [1.807, 2.05) is 13.8 Å². The van der Waals surface area contributed by atoms with Gasteiger partial charge in [-0.25, -0.2) is 0 Å². The summed E-state index contributed by atoms with van der Waals surface area (Å²) in [6.45, 7) is 4.39. The summed E-state index contributed by atoms with van der Waals surface area (Å²) in [5.74, 6) is -0.189. The number of hydrogen-bond donors (Lipinski definition) is 2. The Kier molecular flexibility index (Phi) is 5.85. The molecule has 1 rings (SSSR count). The third-order valence-electron chi connectivity index (χ3n) is 2.39. The number of nitrogens with one attached hydrogen (secondary N) is 2. The number of amides is 2. The number of benzene rings is 1. The van der Waals surface area contributed by atoms with E-state index in [9.17, 15) is 9.59 Å². The summed E-state index contributed by atoms with van der Waals surface area (Å²) in [4.78, 5) is 23.0. The summed E-state index contributed by atoms with van der Waals surface area (Å²) in [7, 11) is 0. The van der Waals surface area contributed by atoms with Crippen molar-refractivity contribution < 1.29 is 9.59 Å². The van der Waals surface area contributed by atoms with Crippen LogP contribution in [0.5, 0.6) is 0 Å². The smallest absolute Gasteiger partial charge is 0.251 e. The lowest BCUT2D eigenvalue weighted by atomic mass is 10.2. The highest BCUT2D eigenvalue weighted by atomic mass is 79.9. The van der Waals surface area contributed by atoms with Crippen LogP contribution < -0.4 is 10.6 Å². The summed E-state index contributed by atoms with van der Waals surface area (Å²) >= 11 is 3.28. The number of hydrogen-bond acceptors (Lipinski definition) is 2. The van der Waals surface area contributed by atoms with Gasteiger partial charge in [-0.05, 0) is 37.6 Å². The van der Waals surface area contributed by atoms with E-state index >= 15 is 0 Å². The molecule has 0 aliphatic carbocycles. The molecular weight excluding hydrogens is 296 g/mol. The highest BCUT2D eigenvalue weighted by molar-refractivity contribution is 9.10. The van der Waals surface area contributed by atoms with Crippen LogP contribution in [0.15, 0.2) is 24.3 Å². The number of carbonyl (C=O) groups is 2. The van der Waals surface area contributed by atoms with Crippen molar-refractivity contribution in [1.29, 1.82) is 0 Å². The number of carbonyl (C=O) groups excluding carboxylic acids is 2. The van der Waals surface area contributed by atoms with Gasteiger partial charge in [-0.1, -0.05) is 22.9 Å². The topological polar surface area (TPSA) is 58.2 Å². The highest BCUT2D eigenvalue weighted by Crippen LogP contribution is 2.12. The average molecular weight is 313 g/mol. The van der Waals surface area contributed by atoms with Crippen LogP contribution in [0.3, 0.4) is 0 Å². The van der Waals surface area contributed by atoms with Gasteiger partial charge >= 0.3 is 0 Å². The molecule has 0 radical (unpaired) electrons. The van der Waals surface area contributed by atoms with Gasteiger partial charge in [0.25, 0.3) is 5.91 Å². The molecule has 0 heterocycles. The maximum absolute atomic E-state index is 11.6. The van der Waals surface area contributed by atoms with Gasteiger partial charge in [0.1, 0.15) is 0 Å². The molecule has 2 N–H and O–H groups in total. The lowest BCUT2D eigenvalue weighted by Gasteiger charge is -2.09. The molecule has 1 aromatic rings. The Bertz CT molecular complexity index is 418. The fraction of sp³-hybridized carbons (Fsp3) is 0.385. The number of halogens is 1. The quantitative estimate of drug-likeness (QED) is 0.821. The summed E-state index contributed by atoms with van der Waals surface area (Å²) in [6, 6.07) is 6.82. The first-order valence-corrected chi connectivity index (χ1v) is 6.83. The van der Waals surface area contributed by atoms with Crippen LogP contribution in [0, 0.1) is 0 Å². The first-order valence-electron chi connectivity index (χ1n) is 5.91. The first kappa shape index (κ1) is 14.7. The second-order valence-electron chi connectivity index (χ2n) is 3.80. The zero-order valence-corrected chi connectivity index (χ0v) is 12.1. The average Bonchev–Trinajstić information content (AvgIpc) is 2.38. The SMILES string of the molecule is CCNC(=O)c1ccc(NC(=O)C(Br)CC)cc1. The predicted octanol–water partition coefficient (Wildman–Crippen LogP) is 2.55. The van der Waals surface area contributed by atoms with E-state index in [4.69, 9.17) is 0 Å². The Morgan fingerprint density at radius 2 is 1.83 bits per heavy atom. The molecule has 0 bridgehead atoms. The Balaban J connectivity index is 2.66. The second-order valence-corrected chi connectivity index (χ2v) is 4.91. The third kappa shape index (κ3) is 4.14. The van der Waals surface area contributed by atoms with Gasteiger partial charge < -0.3 is 10.6 Å². The van der Waals surface area contributed by atoms with Crippen LogP contribution in [-0.4, -0.2) is 23.2 Å². The van der Waals surface area contributed by atoms with E-state index in [1.54, 1.807) is 24.3 Å². The van der Waals surface area contributed by atoms with E-state index in [1.165, 1.54) is 0 Å². The molecule has 1 unspecified atom stereocenters. The van der Waals surface area contributed by atoms with Gasteiger partial charge in [0, 0.05) is 17.8 Å². The third-order valence-corrected chi connectivity index (χ3v) is 3.46. The monoisotopic (exact) mass is 312 g/mol. The van der Waals surface area contributed by atoms with Gasteiger partial charge in [0.15, 0.2) is 0 Å². The Morgan fingerprint density at radius 3 is 2.33 bits per heavy atom. The normalized spacial score (nSPS) is 11.7. The van der Waals surface area contributed by atoms with Crippen molar-refractivity contribution in [3.05, 3.63) is 29.8 Å². The molecule has 0 aliphatic rings. The molecule has 0 fully saturated rings. The van der Waals surface area contributed by atoms with Crippen LogP contribution in [0.25, 0.3) is 0 Å². The zero-order valence-electron chi connectivity index (χ0n) is 10.5. The predicted molar refractivity (Wildman–Crippen MR) is 76.1 cm³/mol. The van der Waals surface area contributed by atoms with Crippen molar-refractivity contribution in [2.75, 3.05) is 11.9 Å². The minimum Gasteiger partial charge on any atom is -0.352 e. The number of alkyl halides is 1. The van der Waals surface area contributed by atoms with Crippen LogP contribution in [0.1, 0.15) is 30.6 Å². The number of rotatable bonds is 5. The molecular formula is C13H17BrN2O2. The highest BCUT2D eigenvalue weighted by Gasteiger charge is 2.12. The first-order chi connectivity index (χ1) is 8.58. The van der Waals surface area contributed by atoms with E-state index in [2.05, 4.69) is 26.6 Å². The van der Waals surface area contributed by atoms with Crippen molar-refractivity contribution in [1.82, 2.24) is 5.32 Å². The summed E-state index contributed by atoms with van der Waals surface area (Å²) in [5.41, 5.74) is 1.27. The van der Waals surface area contributed by atoms with E-state index in [-0.39, 0.29) is 16.6 Å². The summed E-state index contributed by atoms with van der Waals surface area (Å²) < 4.78 is 0. The van der Waals surface area contributed by atoms with Crippen LogP contribution in [0.2, 0.25) is 0 Å². The minimum absolute atomic E-state index is 0.0803. The van der Waals surface area contributed by atoms with Gasteiger partial charge in [0.05, 0.1) is 4.83 Å². The molecule has 0 aliphatic heterocycles. The Morgan fingerprint density at radius 1 is 1.22 bits per heavy atom. The molecule has 2 amide bonds. The van der Waals surface area contributed by atoms with Gasteiger partial charge in [-0.15, -0.1) is 0 Å². The maximum Gasteiger partial charge on any atom is 0.251 e. The lowest BCUT2D eigenvalue weighted by Crippen LogP contribution is -2.23. The van der Waals surface area contributed by atoms with E-state index < -0.39 is 0 Å². The van der Waals surface area contributed by atoms with Crippen molar-refractivity contribution in [3.63, 3.8) is 0 Å². The van der Waals surface area contributed by atoms with Gasteiger partial charge in [0.2, 0.25) is 5.91 Å². The fourth-order valence-corrected chi connectivity index (χ4v) is 1.49. The molecule has 0 saturated heterocycles. The Hall–Kier alpha value is -1.36. The zero-order chi connectivity index (χ0) is 13.5. The van der Waals surface area contributed by atoms with Crippen molar-refractivity contribution in [2.45, 2.75) is 25.1 Å². The molecule has 0 aromatic heterocycles. The van der Waals surface area contributed by atoms with Crippen molar-refractivity contribution in [2.24, 2.45) is 0 Å². The molecule has 18 heavy (non-hydrogen) atoms. The standard InChI is InChI=1S/C13H17BrN2O2/c1-3-11(14)13(18)16-10-7-5-9(6-8-10)12(17)15-4-2/h5-8,11H,3-4H2,1-2H3,(H,15,17)(H,16,18). The van der Waals surface area contributed by atoms with E-state index in [0.717, 1.165) is 6.42 Å². The molecule has 1 aromatic carbocycles. The van der Waals surface area contributed by atoms with Crippen molar-refractivity contribution >= 4 is 33.4 Å². The molecule has 5 heteroatoms. The van der Waals surface area contributed by atoms with Gasteiger partial charge in [-0.3, -0.25) is 9.59 Å². The molecule has 1 atom stereocenters. The number of anilines is 1. The minimum atomic E-state index is -0.194. The molecule has 98 valence electrons. The fourth-order valence-electron chi connectivity index (χ4n) is 1.37. The lowest BCUT2D eigenvalue weighted by molar-refractivity contribution is -0.115. The van der Waals surface area contributed by atoms with Gasteiger partial charge in [-0.2, -0.15) is 0 Å². The largest absolute Gasteiger partial charge is 0.352 e. The van der Waals surface area contributed by atoms with Crippen LogP contribution in [0.4, 0.5) is 5.69 Å². The van der Waals surface area contributed by atoms with Crippen LogP contribution >= 0.6 is 15.9 Å². The molecule has 0 spiro atoms. The Labute approximate surface area is 115 Å². The van der Waals surface area contributed by atoms with Crippen LogP contribution in [-0.2, 0) is 4.79 Å². The molecule has 4 nitrogen and oxygen atoms in total. The summed E-state index contributed by atoms with van der Waals surface area (Å²) in [6.07, 6.45) is 0.725. The van der Waals surface area contributed by atoms with E-state index in [0.29, 0.717) is 17.8 Å². The van der Waals surface area contributed by atoms with Crippen molar-refractivity contribution in [3.8, 4) is 0 Å².